The van der Waals surface area contributed by atoms with Crippen LogP contribution in [0.1, 0.15) is 29.2 Å². The summed E-state index contributed by atoms with van der Waals surface area (Å²) < 4.78 is 45.5. The van der Waals surface area contributed by atoms with Gasteiger partial charge in [-0.1, -0.05) is 12.1 Å². The largest absolute Gasteiger partial charge is 0.416 e. The molecule has 1 fully saturated rings. The molecule has 2 aliphatic rings. The van der Waals surface area contributed by atoms with E-state index in [1.807, 2.05) is 4.57 Å². The number of alkyl halides is 3. The Balaban J connectivity index is 1.33. The first kappa shape index (κ1) is 20.8. The van der Waals surface area contributed by atoms with Gasteiger partial charge in [-0.3, -0.25) is 9.69 Å². The molecule has 3 heterocycles. The second-order valence-corrected chi connectivity index (χ2v) is 7.68. The van der Waals surface area contributed by atoms with Crippen molar-refractivity contribution in [2.24, 2.45) is 5.92 Å². The van der Waals surface area contributed by atoms with Crippen LogP contribution >= 0.6 is 0 Å². The third-order valence-electron chi connectivity index (χ3n) is 5.60. The van der Waals surface area contributed by atoms with Crippen molar-refractivity contribution in [3.8, 4) is 0 Å². The summed E-state index contributed by atoms with van der Waals surface area (Å²) in [5.74, 6) is 1.45. The van der Waals surface area contributed by atoms with Gasteiger partial charge in [0, 0.05) is 39.2 Å². The van der Waals surface area contributed by atoms with Crippen molar-refractivity contribution >= 4 is 5.91 Å². The van der Waals surface area contributed by atoms with E-state index < -0.39 is 11.7 Å². The van der Waals surface area contributed by atoms with Crippen LogP contribution in [0.25, 0.3) is 0 Å². The van der Waals surface area contributed by atoms with Gasteiger partial charge >= 0.3 is 6.18 Å². The number of halogens is 3. The second-order valence-electron chi connectivity index (χ2n) is 7.68. The predicted molar refractivity (Wildman–Crippen MR) is 101 cm³/mol. The number of nitrogens with zero attached hydrogens (tertiary/aromatic N) is 4. The third-order valence-corrected chi connectivity index (χ3v) is 5.60. The number of carbonyl (C=O) groups excluding carboxylic acids is 1. The minimum atomic E-state index is -4.32. The van der Waals surface area contributed by atoms with Gasteiger partial charge in [0.25, 0.3) is 0 Å². The second kappa shape index (κ2) is 8.73. The van der Waals surface area contributed by atoms with Crippen molar-refractivity contribution in [2.75, 3.05) is 26.3 Å². The summed E-state index contributed by atoms with van der Waals surface area (Å²) in [5, 5.41) is 11.4. The summed E-state index contributed by atoms with van der Waals surface area (Å²) in [6.45, 7) is 4.11. The fourth-order valence-corrected chi connectivity index (χ4v) is 3.82. The molecule has 7 nitrogen and oxygen atoms in total. The molecule has 2 aromatic rings. The molecule has 2 aliphatic heterocycles. The Morgan fingerprint density at radius 1 is 1.17 bits per heavy atom. The van der Waals surface area contributed by atoms with Gasteiger partial charge in [-0.25, -0.2) is 0 Å². The monoisotopic (exact) mass is 423 g/mol. The number of hydrogen-bond donors (Lipinski definition) is 1. The smallest absolute Gasteiger partial charge is 0.381 e. The average molecular weight is 423 g/mol. The topological polar surface area (TPSA) is 72.3 Å². The van der Waals surface area contributed by atoms with Crippen LogP contribution in [0, 0.1) is 5.92 Å². The van der Waals surface area contributed by atoms with E-state index >= 15 is 0 Å². The number of rotatable bonds is 5. The van der Waals surface area contributed by atoms with Crippen molar-refractivity contribution < 1.29 is 22.7 Å². The van der Waals surface area contributed by atoms with Gasteiger partial charge in [-0.15, -0.1) is 10.2 Å². The van der Waals surface area contributed by atoms with Gasteiger partial charge in [-0.05, 0) is 24.1 Å². The van der Waals surface area contributed by atoms with Crippen LogP contribution in [-0.2, 0) is 41.8 Å². The van der Waals surface area contributed by atoms with Gasteiger partial charge in [-0.2, -0.15) is 13.2 Å². The maximum Gasteiger partial charge on any atom is 0.416 e. The Labute approximate surface area is 172 Å². The highest BCUT2D eigenvalue weighted by atomic mass is 19.4. The number of amides is 1. The highest BCUT2D eigenvalue weighted by molar-refractivity contribution is 5.78. The molecule has 4 rings (SSSR count). The molecule has 0 unspecified atom stereocenters. The standard InChI is InChI=1S/C20H24F3N5O2/c21-20(22,23)16-3-1-14(2-4-16)12-27-7-5-17-25-26-18(28(17)9-8-27)11-24-19(29)15-6-10-30-13-15/h1-4,15H,5-13H2,(H,24,29)/t15-/m1/s1. The summed E-state index contributed by atoms with van der Waals surface area (Å²) in [7, 11) is 0. The van der Waals surface area contributed by atoms with E-state index in [1.165, 1.54) is 12.1 Å². The molecule has 0 aliphatic carbocycles. The van der Waals surface area contributed by atoms with Crippen molar-refractivity contribution in [1.29, 1.82) is 0 Å². The molecule has 1 aromatic carbocycles. The molecule has 0 radical (unpaired) electrons. The highest BCUT2D eigenvalue weighted by Crippen LogP contribution is 2.29. The number of aromatic nitrogens is 3. The molecule has 1 amide bonds. The molecule has 0 spiro atoms. The van der Waals surface area contributed by atoms with E-state index in [2.05, 4.69) is 20.4 Å². The zero-order valence-corrected chi connectivity index (χ0v) is 16.5. The Morgan fingerprint density at radius 3 is 2.67 bits per heavy atom. The summed E-state index contributed by atoms with van der Waals surface area (Å²) in [6.07, 6.45) is -2.89. The normalized spacial score (nSPS) is 20.0. The maximum atomic E-state index is 12.7. The van der Waals surface area contributed by atoms with Crippen LogP contribution < -0.4 is 5.32 Å². The van der Waals surface area contributed by atoms with Crippen molar-refractivity contribution in [1.82, 2.24) is 25.0 Å². The highest BCUT2D eigenvalue weighted by Gasteiger charge is 2.30. The quantitative estimate of drug-likeness (QED) is 0.797. The molecular formula is C20H24F3N5O2. The van der Waals surface area contributed by atoms with E-state index in [0.717, 1.165) is 43.0 Å². The molecular weight excluding hydrogens is 399 g/mol. The lowest BCUT2D eigenvalue weighted by atomic mass is 10.1. The van der Waals surface area contributed by atoms with E-state index in [0.29, 0.717) is 45.1 Å². The van der Waals surface area contributed by atoms with Crippen molar-refractivity contribution in [2.45, 2.75) is 38.7 Å². The predicted octanol–water partition coefficient (Wildman–Crippen LogP) is 2.01. The van der Waals surface area contributed by atoms with E-state index in [4.69, 9.17) is 4.74 Å². The van der Waals surface area contributed by atoms with E-state index in [9.17, 15) is 18.0 Å². The lowest BCUT2D eigenvalue weighted by molar-refractivity contribution is -0.137. The summed E-state index contributed by atoms with van der Waals surface area (Å²) in [5.41, 5.74) is 0.205. The lowest BCUT2D eigenvalue weighted by Crippen LogP contribution is -2.32. The van der Waals surface area contributed by atoms with Crippen LogP contribution in [0.15, 0.2) is 24.3 Å². The molecule has 0 saturated carbocycles. The van der Waals surface area contributed by atoms with Gasteiger partial charge in [0.15, 0.2) is 5.82 Å². The van der Waals surface area contributed by atoms with Gasteiger partial charge in [0.2, 0.25) is 5.91 Å². The molecule has 30 heavy (non-hydrogen) atoms. The first-order chi connectivity index (χ1) is 14.4. The average Bonchev–Trinajstić information content (AvgIpc) is 3.34. The molecule has 1 aromatic heterocycles. The van der Waals surface area contributed by atoms with Crippen LogP contribution in [-0.4, -0.2) is 51.9 Å². The fourth-order valence-electron chi connectivity index (χ4n) is 3.82. The number of carbonyl (C=O) groups is 1. The Bertz CT molecular complexity index is 876. The minimum absolute atomic E-state index is 0.0256. The molecule has 162 valence electrons. The lowest BCUT2D eigenvalue weighted by Gasteiger charge is -2.20. The minimum Gasteiger partial charge on any atom is -0.381 e. The molecule has 10 heteroatoms. The maximum absolute atomic E-state index is 12.7. The molecule has 1 atom stereocenters. The van der Waals surface area contributed by atoms with Crippen LogP contribution in [0.3, 0.4) is 0 Å². The summed E-state index contributed by atoms with van der Waals surface area (Å²) in [4.78, 5) is 14.4. The zero-order chi connectivity index (χ0) is 21.1. The first-order valence-electron chi connectivity index (χ1n) is 10.0. The molecule has 0 bridgehead atoms. The Kier molecular flexibility index (Phi) is 6.05. The van der Waals surface area contributed by atoms with Gasteiger partial charge in [0.05, 0.1) is 24.6 Å². The Morgan fingerprint density at radius 2 is 1.97 bits per heavy atom. The molecule has 1 N–H and O–H groups in total. The number of nitrogens with one attached hydrogen (secondary N) is 1. The zero-order valence-electron chi connectivity index (χ0n) is 16.5. The van der Waals surface area contributed by atoms with Crippen molar-refractivity contribution in [3.63, 3.8) is 0 Å². The number of ether oxygens (including phenoxy) is 1. The summed E-state index contributed by atoms with van der Waals surface area (Å²) >= 11 is 0. The van der Waals surface area contributed by atoms with Gasteiger partial charge in [0.1, 0.15) is 5.82 Å². The van der Waals surface area contributed by atoms with E-state index in [-0.39, 0.29) is 11.8 Å². The Hall–Kier alpha value is -2.46. The fraction of sp³-hybridized carbons (Fsp3) is 0.550. The van der Waals surface area contributed by atoms with E-state index in [1.54, 1.807) is 0 Å². The molecule has 1 saturated heterocycles. The van der Waals surface area contributed by atoms with Crippen LogP contribution in [0.5, 0.6) is 0 Å². The van der Waals surface area contributed by atoms with Crippen LogP contribution in [0.2, 0.25) is 0 Å². The van der Waals surface area contributed by atoms with Crippen molar-refractivity contribution in [3.05, 3.63) is 47.0 Å². The third kappa shape index (κ3) is 4.81. The van der Waals surface area contributed by atoms with Gasteiger partial charge < -0.3 is 14.6 Å². The SMILES string of the molecule is O=C(NCc1nnc2n1CCN(Cc1ccc(C(F)(F)F)cc1)CC2)[C@@H]1CCOC1. The number of fused-ring (bicyclic) bond motifs is 1. The van der Waals surface area contributed by atoms with Crippen LogP contribution in [0.4, 0.5) is 13.2 Å². The first-order valence-corrected chi connectivity index (χ1v) is 10.0. The number of benzene rings is 1. The number of hydrogen-bond acceptors (Lipinski definition) is 5. The summed E-state index contributed by atoms with van der Waals surface area (Å²) in [6, 6.07) is 5.31.